The minimum Gasteiger partial charge on any atom is -0.397 e. The topological polar surface area (TPSA) is 55.1 Å². The lowest BCUT2D eigenvalue weighted by molar-refractivity contribution is -0.137. The van der Waals surface area contributed by atoms with Gasteiger partial charge in [0.25, 0.3) is 5.91 Å². The molecule has 110 valence electrons. The van der Waals surface area contributed by atoms with Crippen LogP contribution in [0.5, 0.6) is 0 Å². The van der Waals surface area contributed by atoms with Crippen LogP contribution in [0.25, 0.3) is 0 Å². The van der Waals surface area contributed by atoms with E-state index in [9.17, 15) is 18.0 Å². The third-order valence-corrected chi connectivity index (χ3v) is 2.91. The van der Waals surface area contributed by atoms with Crippen molar-refractivity contribution in [3.05, 3.63) is 59.2 Å². The molecule has 0 aliphatic rings. The molecule has 0 atom stereocenters. The molecule has 0 saturated heterocycles. The van der Waals surface area contributed by atoms with Crippen LogP contribution in [0, 0.1) is 6.92 Å². The maximum absolute atomic E-state index is 12.6. The minimum absolute atomic E-state index is 0.0789. The monoisotopic (exact) mass is 294 g/mol. The number of nitrogens with one attached hydrogen (secondary N) is 1. The van der Waals surface area contributed by atoms with Gasteiger partial charge in [0.15, 0.2) is 0 Å². The number of benzene rings is 2. The molecular formula is C15H13F3N2O. The van der Waals surface area contributed by atoms with Gasteiger partial charge >= 0.3 is 6.18 Å². The summed E-state index contributed by atoms with van der Waals surface area (Å²) < 4.78 is 37.8. The second-order valence-electron chi connectivity index (χ2n) is 4.62. The molecule has 0 heterocycles. The normalized spacial score (nSPS) is 11.2. The van der Waals surface area contributed by atoms with Gasteiger partial charge in [-0.05, 0) is 42.8 Å². The number of amides is 1. The molecule has 0 bridgehead atoms. The Kier molecular flexibility index (Phi) is 3.88. The van der Waals surface area contributed by atoms with Crippen LogP contribution in [0.15, 0.2) is 42.5 Å². The van der Waals surface area contributed by atoms with Crippen LogP contribution in [-0.2, 0) is 6.18 Å². The first-order valence-corrected chi connectivity index (χ1v) is 6.12. The van der Waals surface area contributed by atoms with Gasteiger partial charge in [-0.3, -0.25) is 4.79 Å². The largest absolute Gasteiger partial charge is 0.416 e. The molecule has 0 spiro atoms. The summed E-state index contributed by atoms with van der Waals surface area (Å²) in [6, 6.07) is 9.25. The van der Waals surface area contributed by atoms with Crippen molar-refractivity contribution in [2.45, 2.75) is 13.1 Å². The molecule has 2 aromatic rings. The highest BCUT2D eigenvalue weighted by molar-refractivity contribution is 6.05. The Labute approximate surface area is 119 Å². The molecule has 3 N–H and O–H groups in total. The first-order chi connectivity index (χ1) is 9.77. The second-order valence-corrected chi connectivity index (χ2v) is 4.62. The number of anilines is 2. The van der Waals surface area contributed by atoms with Crippen molar-refractivity contribution in [3.63, 3.8) is 0 Å². The summed E-state index contributed by atoms with van der Waals surface area (Å²) in [6.45, 7) is 1.84. The molecule has 0 aromatic heterocycles. The average Bonchev–Trinajstić information content (AvgIpc) is 2.41. The number of carbonyl (C=O) groups is 1. The van der Waals surface area contributed by atoms with E-state index in [-0.39, 0.29) is 5.56 Å². The van der Waals surface area contributed by atoms with Crippen molar-refractivity contribution in [3.8, 4) is 0 Å². The second kappa shape index (κ2) is 5.47. The number of hydrogen-bond acceptors (Lipinski definition) is 2. The summed E-state index contributed by atoms with van der Waals surface area (Å²) in [5, 5.41) is 2.50. The zero-order valence-electron chi connectivity index (χ0n) is 11.2. The maximum Gasteiger partial charge on any atom is 0.416 e. The first-order valence-electron chi connectivity index (χ1n) is 6.12. The standard InChI is InChI=1S/C15H13F3N2O/c1-9-5-6-13(12(19)7-9)20-14(21)10-3-2-4-11(8-10)15(16,17)18/h2-8H,19H2,1H3,(H,20,21). The number of nitrogens with two attached hydrogens (primary N) is 1. The quantitative estimate of drug-likeness (QED) is 0.827. The highest BCUT2D eigenvalue weighted by atomic mass is 19.4. The predicted molar refractivity (Wildman–Crippen MR) is 75.0 cm³/mol. The van der Waals surface area contributed by atoms with Crippen molar-refractivity contribution in [2.24, 2.45) is 0 Å². The van der Waals surface area contributed by atoms with E-state index in [1.165, 1.54) is 12.1 Å². The lowest BCUT2D eigenvalue weighted by Crippen LogP contribution is -2.14. The molecule has 0 fully saturated rings. The molecule has 3 nitrogen and oxygen atoms in total. The van der Waals surface area contributed by atoms with Gasteiger partial charge in [-0.15, -0.1) is 0 Å². The fourth-order valence-electron chi connectivity index (χ4n) is 1.83. The van der Waals surface area contributed by atoms with Crippen LogP contribution in [0.3, 0.4) is 0 Å². The summed E-state index contributed by atoms with van der Waals surface area (Å²) in [6.07, 6.45) is -4.49. The van der Waals surface area contributed by atoms with E-state index in [2.05, 4.69) is 5.32 Å². The molecular weight excluding hydrogens is 281 g/mol. The molecule has 0 radical (unpaired) electrons. The van der Waals surface area contributed by atoms with Crippen LogP contribution < -0.4 is 11.1 Å². The number of hydrogen-bond donors (Lipinski definition) is 2. The van der Waals surface area contributed by atoms with Crippen LogP contribution in [0.2, 0.25) is 0 Å². The van der Waals surface area contributed by atoms with E-state index in [4.69, 9.17) is 5.73 Å². The summed E-state index contributed by atoms with van der Waals surface area (Å²) in [5.74, 6) is -0.642. The van der Waals surface area contributed by atoms with Crippen molar-refractivity contribution >= 4 is 17.3 Å². The Morgan fingerprint density at radius 3 is 2.48 bits per heavy atom. The molecule has 0 saturated carbocycles. The summed E-state index contributed by atoms with van der Waals surface area (Å²) in [4.78, 5) is 12.0. The Morgan fingerprint density at radius 1 is 1.14 bits per heavy atom. The molecule has 0 aliphatic heterocycles. The third-order valence-electron chi connectivity index (χ3n) is 2.91. The van der Waals surface area contributed by atoms with E-state index in [0.29, 0.717) is 11.4 Å². The number of alkyl halides is 3. The van der Waals surface area contributed by atoms with E-state index in [1.807, 2.05) is 6.92 Å². The van der Waals surface area contributed by atoms with Crippen LogP contribution in [0.1, 0.15) is 21.5 Å². The van der Waals surface area contributed by atoms with E-state index in [0.717, 1.165) is 17.7 Å². The van der Waals surface area contributed by atoms with E-state index < -0.39 is 17.6 Å². The lowest BCUT2D eigenvalue weighted by atomic mass is 10.1. The maximum atomic E-state index is 12.6. The molecule has 21 heavy (non-hydrogen) atoms. The summed E-state index contributed by atoms with van der Waals surface area (Å²) in [7, 11) is 0. The van der Waals surface area contributed by atoms with Gasteiger partial charge < -0.3 is 11.1 Å². The van der Waals surface area contributed by atoms with E-state index in [1.54, 1.807) is 18.2 Å². The number of nitrogen functional groups attached to an aromatic ring is 1. The van der Waals surface area contributed by atoms with Gasteiger partial charge in [0, 0.05) is 5.56 Å². The van der Waals surface area contributed by atoms with Crippen molar-refractivity contribution in [1.82, 2.24) is 0 Å². The Morgan fingerprint density at radius 2 is 1.86 bits per heavy atom. The van der Waals surface area contributed by atoms with Crippen LogP contribution >= 0.6 is 0 Å². The van der Waals surface area contributed by atoms with Gasteiger partial charge in [-0.1, -0.05) is 12.1 Å². The molecule has 2 aromatic carbocycles. The van der Waals surface area contributed by atoms with Crippen molar-refractivity contribution < 1.29 is 18.0 Å². The zero-order chi connectivity index (χ0) is 15.6. The zero-order valence-corrected chi connectivity index (χ0v) is 11.2. The average molecular weight is 294 g/mol. The van der Waals surface area contributed by atoms with Crippen molar-refractivity contribution in [1.29, 1.82) is 0 Å². The third kappa shape index (κ3) is 3.53. The molecule has 0 aliphatic carbocycles. The number of rotatable bonds is 2. The molecule has 6 heteroatoms. The lowest BCUT2D eigenvalue weighted by Gasteiger charge is -2.11. The van der Waals surface area contributed by atoms with Gasteiger partial charge in [0.2, 0.25) is 0 Å². The minimum atomic E-state index is -4.49. The Bertz CT molecular complexity index is 681. The highest BCUT2D eigenvalue weighted by Crippen LogP contribution is 2.29. The number of halogens is 3. The van der Waals surface area contributed by atoms with E-state index >= 15 is 0 Å². The van der Waals surface area contributed by atoms with Gasteiger partial charge in [0.05, 0.1) is 16.9 Å². The van der Waals surface area contributed by atoms with Gasteiger partial charge in [-0.2, -0.15) is 13.2 Å². The molecule has 0 unspecified atom stereocenters. The smallest absolute Gasteiger partial charge is 0.397 e. The van der Waals surface area contributed by atoms with Gasteiger partial charge in [0.1, 0.15) is 0 Å². The Hall–Kier alpha value is -2.50. The van der Waals surface area contributed by atoms with Gasteiger partial charge in [-0.25, -0.2) is 0 Å². The summed E-state index contributed by atoms with van der Waals surface area (Å²) in [5.41, 5.74) is 6.45. The van der Waals surface area contributed by atoms with Crippen LogP contribution in [-0.4, -0.2) is 5.91 Å². The molecule has 1 amide bonds. The number of carbonyl (C=O) groups excluding carboxylic acids is 1. The Balaban J connectivity index is 2.25. The van der Waals surface area contributed by atoms with Crippen molar-refractivity contribution in [2.75, 3.05) is 11.1 Å². The summed E-state index contributed by atoms with van der Waals surface area (Å²) >= 11 is 0. The predicted octanol–water partition coefficient (Wildman–Crippen LogP) is 3.85. The fourth-order valence-corrected chi connectivity index (χ4v) is 1.83. The highest BCUT2D eigenvalue weighted by Gasteiger charge is 2.30. The van der Waals surface area contributed by atoms with Crippen LogP contribution in [0.4, 0.5) is 24.5 Å². The fraction of sp³-hybridized carbons (Fsp3) is 0.133. The number of aryl methyl sites for hydroxylation is 1. The first kappa shape index (κ1) is 14.9. The SMILES string of the molecule is Cc1ccc(NC(=O)c2cccc(C(F)(F)F)c2)c(N)c1. The molecule has 2 rings (SSSR count).